The van der Waals surface area contributed by atoms with Crippen LogP contribution in [0.15, 0.2) is 22.8 Å². The van der Waals surface area contributed by atoms with Crippen molar-refractivity contribution in [1.29, 1.82) is 0 Å². The molecule has 0 spiro atoms. The van der Waals surface area contributed by atoms with Gasteiger partial charge in [-0.2, -0.15) is 0 Å². The fourth-order valence-electron chi connectivity index (χ4n) is 1.29. The van der Waals surface area contributed by atoms with Gasteiger partial charge in [0.1, 0.15) is 13.6 Å². The molecule has 0 aliphatic carbocycles. The summed E-state index contributed by atoms with van der Waals surface area (Å²) in [6.45, 7) is 0. The van der Waals surface area contributed by atoms with Crippen molar-refractivity contribution < 1.29 is 18.9 Å². The van der Waals surface area contributed by atoms with Gasteiger partial charge in [-0.3, -0.25) is 0 Å². The summed E-state index contributed by atoms with van der Waals surface area (Å²) in [5.41, 5.74) is 0.580. The Morgan fingerprint density at radius 2 is 2.12 bits per heavy atom. The van der Waals surface area contributed by atoms with Crippen molar-refractivity contribution in [1.82, 2.24) is 4.98 Å². The molecule has 86 valence electrons. The molecule has 0 radical (unpaired) electrons. The van der Waals surface area contributed by atoms with Crippen LogP contribution in [0.25, 0.3) is 10.9 Å². The minimum atomic E-state index is -5.05. The fourth-order valence-corrected chi connectivity index (χ4v) is 2.19. The van der Waals surface area contributed by atoms with Gasteiger partial charge in [0.15, 0.2) is 0 Å². The molecule has 0 saturated carbocycles. The molecule has 2 aromatic rings. The lowest BCUT2D eigenvalue weighted by molar-refractivity contribution is -0.333. The quantitative estimate of drug-likeness (QED) is 0.853. The molecule has 1 heterocycles. The van der Waals surface area contributed by atoms with Crippen LogP contribution >= 0.6 is 35.4 Å². The highest BCUT2D eigenvalue weighted by molar-refractivity contribution is 9.10. The number of fused-ring (bicyclic) bond motifs is 1. The van der Waals surface area contributed by atoms with E-state index < -0.39 is 7.82 Å². The standard InChI is InChI=1S/C8H6BrClNO4P/c9-5-1-4-7(2-6(5)10)11-3-8(4)15-16(12,13)14/h1-3,11H,(H2,12,13,14)/p-2. The second kappa shape index (κ2) is 4.05. The second-order valence-corrected chi connectivity index (χ2v) is 5.34. The summed E-state index contributed by atoms with van der Waals surface area (Å²) in [6.07, 6.45) is 1.29. The summed E-state index contributed by atoms with van der Waals surface area (Å²) in [4.78, 5) is 23.7. The number of rotatable bonds is 2. The second-order valence-electron chi connectivity index (χ2n) is 3.00. The Balaban J connectivity index is 2.56. The maximum Gasteiger partial charge on any atom is 0.149 e. The van der Waals surface area contributed by atoms with Gasteiger partial charge in [-0.05, 0) is 28.1 Å². The highest BCUT2D eigenvalue weighted by atomic mass is 79.9. The first-order valence-corrected chi connectivity index (χ1v) is 6.68. The molecule has 2 rings (SSSR count). The lowest BCUT2D eigenvalue weighted by atomic mass is 10.2. The Bertz CT molecular complexity index is 593. The van der Waals surface area contributed by atoms with Crippen LogP contribution < -0.4 is 14.3 Å². The van der Waals surface area contributed by atoms with E-state index >= 15 is 0 Å². The number of aromatic amines is 1. The molecule has 0 aliphatic rings. The monoisotopic (exact) mass is 323 g/mol. The number of aromatic nitrogens is 1. The molecule has 0 fully saturated rings. The highest BCUT2D eigenvalue weighted by Crippen LogP contribution is 2.37. The smallest absolute Gasteiger partial charge is 0.149 e. The van der Waals surface area contributed by atoms with Gasteiger partial charge in [-0.25, -0.2) is 0 Å². The third-order valence-electron chi connectivity index (χ3n) is 1.89. The molecule has 1 N–H and O–H groups in total. The summed E-state index contributed by atoms with van der Waals surface area (Å²) < 4.78 is 15.4. The predicted octanol–water partition coefficient (Wildman–Crippen LogP) is 1.79. The van der Waals surface area contributed by atoms with Gasteiger partial charge in [0, 0.05) is 16.1 Å². The van der Waals surface area contributed by atoms with Crippen molar-refractivity contribution in [3.8, 4) is 5.75 Å². The van der Waals surface area contributed by atoms with Crippen LogP contribution in [0.2, 0.25) is 5.02 Å². The number of phosphoric ester groups is 1. The maximum atomic E-state index is 10.5. The van der Waals surface area contributed by atoms with E-state index in [1.165, 1.54) is 6.20 Å². The first-order valence-electron chi connectivity index (χ1n) is 4.04. The lowest BCUT2D eigenvalue weighted by Gasteiger charge is -2.28. The normalized spacial score (nSPS) is 12.0. The van der Waals surface area contributed by atoms with Crippen molar-refractivity contribution >= 4 is 46.3 Å². The van der Waals surface area contributed by atoms with Gasteiger partial charge >= 0.3 is 0 Å². The molecule has 0 atom stereocenters. The first-order chi connectivity index (χ1) is 7.37. The zero-order valence-corrected chi connectivity index (χ0v) is 10.8. The summed E-state index contributed by atoms with van der Waals surface area (Å²) in [5, 5.41) is 0.927. The molecule has 0 bridgehead atoms. The lowest BCUT2D eigenvalue weighted by Crippen LogP contribution is -2.18. The first kappa shape index (κ1) is 12.0. The van der Waals surface area contributed by atoms with E-state index in [2.05, 4.69) is 25.4 Å². The number of nitrogens with one attached hydrogen (secondary N) is 1. The molecule has 16 heavy (non-hydrogen) atoms. The van der Waals surface area contributed by atoms with E-state index in [0.717, 1.165) is 0 Å². The maximum absolute atomic E-state index is 10.5. The Kier molecular flexibility index (Phi) is 3.03. The van der Waals surface area contributed by atoms with Gasteiger partial charge in [-0.1, -0.05) is 11.6 Å². The molecule has 0 aliphatic heterocycles. The van der Waals surface area contributed by atoms with Crippen molar-refractivity contribution in [3.05, 3.63) is 27.8 Å². The van der Waals surface area contributed by atoms with Crippen LogP contribution in [-0.4, -0.2) is 4.98 Å². The summed E-state index contributed by atoms with van der Waals surface area (Å²) in [6, 6.07) is 3.16. The van der Waals surface area contributed by atoms with Crippen molar-refractivity contribution in [2.75, 3.05) is 0 Å². The average molecular weight is 324 g/mol. The van der Waals surface area contributed by atoms with Gasteiger partial charge in [-0.15, -0.1) is 0 Å². The van der Waals surface area contributed by atoms with Crippen molar-refractivity contribution in [2.24, 2.45) is 0 Å². The molecule has 8 heteroatoms. The highest BCUT2D eigenvalue weighted by Gasteiger charge is 2.09. The van der Waals surface area contributed by atoms with Crippen LogP contribution in [0.3, 0.4) is 0 Å². The molecular formula is C8H4BrClNO4P-2. The third kappa shape index (κ3) is 2.42. The summed E-state index contributed by atoms with van der Waals surface area (Å²) >= 11 is 9.03. The van der Waals surface area contributed by atoms with Crippen LogP contribution in [0.1, 0.15) is 0 Å². The third-order valence-corrected chi connectivity index (χ3v) is 3.51. The van der Waals surface area contributed by atoms with Crippen molar-refractivity contribution in [3.63, 3.8) is 0 Å². The van der Waals surface area contributed by atoms with Gasteiger partial charge in [0.25, 0.3) is 0 Å². The topological polar surface area (TPSA) is 88.2 Å². The molecule has 1 aromatic heterocycles. The number of H-pyrrole nitrogens is 1. The van der Waals surface area contributed by atoms with Crippen molar-refractivity contribution in [2.45, 2.75) is 0 Å². The fraction of sp³-hybridized carbons (Fsp3) is 0. The SMILES string of the molecule is O=P([O-])([O-])Oc1c[nH]c2cc(Cl)c(Br)cc12. The number of hydrogen-bond donors (Lipinski definition) is 1. The number of phosphoric acid groups is 1. The largest absolute Gasteiger partial charge is 0.780 e. The van der Waals surface area contributed by atoms with E-state index in [0.29, 0.717) is 20.4 Å². The molecule has 0 saturated heterocycles. The minimum Gasteiger partial charge on any atom is -0.780 e. The molecular weight excluding hydrogens is 320 g/mol. The zero-order valence-electron chi connectivity index (χ0n) is 7.57. The van der Waals surface area contributed by atoms with Gasteiger partial charge in [0.05, 0.1) is 10.5 Å². The van der Waals surface area contributed by atoms with E-state index in [4.69, 9.17) is 11.6 Å². The Labute approximate surface area is 104 Å². The van der Waals surface area contributed by atoms with Crippen LogP contribution in [0.5, 0.6) is 5.75 Å². The zero-order chi connectivity index (χ0) is 11.9. The minimum absolute atomic E-state index is 0.0410. The Morgan fingerprint density at radius 3 is 2.75 bits per heavy atom. The molecule has 1 aromatic carbocycles. The van der Waals surface area contributed by atoms with Crippen LogP contribution in [0, 0.1) is 0 Å². The van der Waals surface area contributed by atoms with Crippen LogP contribution in [-0.2, 0) is 4.57 Å². The number of halogens is 2. The molecule has 0 amide bonds. The van der Waals surface area contributed by atoms with E-state index in [1.54, 1.807) is 12.1 Å². The van der Waals surface area contributed by atoms with Crippen LogP contribution in [0.4, 0.5) is 0 Å². The van der Waals surface area contributed by atoms with E-state index in [-0.39, 0.29) is 5.75 Å². The summed E-state index contributed by atoms with van der Waals surface area (Å²) in [5.74, 6) is -0.0410. The Morgan fingerprint density at radius 1 is 1.44 bits per heavy atom. The molecule has 5 nitrogen and oxygen atoms in total. The predicted molar refractivity (Wildman–Crippen MR) is 59.2 cm³/mol. The number of benzene rings is 1. The van der Waals surface area contributed by atoms with Gasteiger partial charge < -0.3 is 23.9 Å². The van der Waals surface area contributed by atoms with E-state index in [9.17, 15) is 14.4 Å². The van der Waals surface area contributed by atoms with Gasteiger partial charge in [0.2, 0.25) is 0 Å². The van der Waals surface area contributed by atoms with E-state index in [1.807, 2.05) is 0 Å². The Hall–Kier alpha value is -0.520. The average Bonchev–Trinajstić information content (AvgIpc) is 2.47. The number of hydrogen-bond acceptors (Lipinski definition) is 4. The summed E-state index contributed by atoms with van der Waals surface area (Å²) in [7, 11) is -5.05. The molecule has 0 unspecified atom stereocenters.